The summed E-state index contributed by atoms with van der Waals surface area (Å²) >= 11 is 0. The largest absolute Gasteiger partial charge is 0.493 e. The van der Waals surface area contributed by atoms with E-state index in [9.17, 15) is 0 Å². The van der Waals surface area contributed by atoms with Crippen molar-refractivity contribution in [2.45, 2.75) is 39.7 Å². The van der Waals surface area contributed by atoms with E-state index in [0.29, 0.717) is 0 Å². The van der Waals surface area contributed by atoms with Gasteiger partial charge in [-0.1, -0.05) is 12.1 Å². The molecule has 0 amide bonds. The van der Waals surface area contributed by atoms with Crippen LogP contribution in [-0.2, 0) is 6.42 Å². The highest BCUT2D eigenvalue weighted by atomic mass is 16.5. The van der Waals surface area contributed by atoms with Crippen molar-refractivity contribution in [1.29, 1.82) is 0 Å². The van der Waals surface area contributed by atoms with Crippen molar-refractivity contribution in [3.8, 4) is 5.75 Å². The third kappa shape index (κ3) is 5.62. The highest BCUT2D eigenvalue weighted by molar-refractivity contribution is 5.43. The van der Waals surface area contributed by atoms with Crippen molar-refractivity contribution >= 4 is 0 Å². The van der Waals surface area contributed by atoms with Crippen LogP contribution in [0.5, 0.6) is 5.75 Å². The van der Waals surface area contributed by atoms with Gasteiger partial charge in [0.05, 0.1) is 6.61 Å². The molecule has 3 heteroatoms. The first-order chi connectivity index (χ1) is 8.90. The molecule has 1 atom stereocenters. The van der Waals surface area contributed by atoms with Crippen molar-refractivity contribution in [2.75, 3.05) is 27.2 Å². The molecule has 0 aromatic heterocycles. The Bertz CT molecular complexity index is 377. The molecule has 0 heterocycles. The fourth-order valence-electron chi connectivity index (χ4n) is 2.31. The van der Waals surface area contributed by atoms with Crippen molar-refractivity contribution in [3.05, 3.63) is 28.8 Å². The Morgan fingerprint density at radius 3 is 2.26 bits per heavy atom. The van der Waals surface area contributed by atoms with Gasteiger partial charge in [-0.25, -0.2) is 0 Å². The summed E-state index contributed by atoms with van der Waals surface area (Å²) in [6.07, 6.45) is 1.97. The van der Waals surface area contributed by atoms with E-state index in [1.807, 2.05) is 6.92 Å². The molecule has 0 aliphatic heterocycles. The maximum absolute atomic E-state index is 5.92. The zero-order valence-electron chi connectivity index (χ0n) is 13.0. The van der Waals surface area contributed by atoms with E-state index in [0.717, 1.165) is 31.7 Å². The minimum absolute atomic E-state index is 0.200. The van der Waals surface area contributed by atoms with Gasteiger partial charge in [-0.05, 0) is 64.4 Å². The zero-order valence-corrected chi connectivity index (χ0v) is 13.0. The first kappa shape index (κ1) is 16.0. The summed E-state index contributed by atoms with van der Waals surface area (Å²) in [4.78, 5) is 2.18. The smallest absolute Gasteiger partial charge is 0.125 e. The maximum atomic E-state index is 5.92. The molecule has 0 aliphatic carbocycles. The Balaban J connectivity index is 2.63. The van der Waals surface area contributed by atoms with Crippen LogP contribution in [0, 0.1) is 13.8 Å². The van der Waals surface area contributed by atoms with Gasteiger partial charge < -0.3 is 15.4 Å². The topological polar surface area (TPSA) is 38.5 Å². The fourth-order valence-corrected chi connectivity index (χ4v) is 2.31. The second kappa shape index (κ2) is 7.51. The molecule has 0 radical (unpaired) electrons. The summed E-state index contributed by atoms with van der Waals surface area (Å²) in [7, 11) is 4.17. The molecule has 19 heavy (non-hydrogen) atoms. The average molecular weight is 264 g/mol. The Morgan fingerprint density at radius 1 is 1.21 bits per heavy atom. The summed E-state index contributed by atoms with van der Waals surface area (Å²) in [6, 6.07) is 4.58. The number of benzene rings is 1. The summed E-state index contributed by atoms with van der Waals surface area (Å²) < 4.78 is 5.92. The van der Waals surface area contributed by atoms with Gasteiger partial charge in [0.1, 0.15) is 5.75 Å². The highest BCUT2D eigenvalue weighted by Crippen LogP contribution is 2.25. The summed E-state index contributed by atoms with van der Waals surface area (Å²) in [5, 5.41) is 0. The van der Waals surface area contributed by atoms with E-state index in [4.69, 9.17) is 10.5 Å². The average Bonchev–Trinajstić information content (AvgIpc) is 2.25. The van der Waals surface area contributed by atoms with Crippen molar-refractivity contribution in [1.82, 2.24) is 4.90 Å². The number of rotatable bonds is 7. The van der Waals surface area contributed by atoms with Crippen LogP contribution in [0.2, 0.25) is 0 Å². The van der Waals surface area contributed by atoms with Gasteiger partial charge in [-0.15, -0.1) is 0 Å². The summed E-state index contributed by atoms with van der Waals surface area (Å²) in [5.41, 5.74) is 9.57. The molecule has 1 rings (SSSR count). The second-order valence-corrected chi connectivity index (χ2v) is 5.75. The first-order valence-corrected chi connectivity index (χ1v) is 7.03. The molecule has 0 saturated heterocycles. The zero-order chi connectivity index (χ0) is 14.4. The van der Waals surface area contributed by atoms with E-state index >= 15 is 0 Å². The third-order valence-electron chi connectivity index (χ3n) is 3.07. The van der Waals surface area contributed by atoms with Crippen molar-refractivity contribution < 1.29 is 4.74 Å². The van der Waals surface area contributed by atoms with Gasteiger partial charge in [0.15, 0.2) is 0 Å². The Kier molecular flexibility index (Phi) is 6.32. The molecule has 2 N–H and O–H groups in total. The fraction of sp³-hybridized carbons (Fsp3) is 0.625. The van der Waals surface area contributed by atoms with Crippen LogP contribution >= 0.6 is 0 Å². The normalized spacial score (nSPS) is 12.8. The molecule has 108 valence electrons. The lowest BCUT2D eigenvalue weighted by atomic mass is 10.0. The molecule has 1 unspecified atom stereocenters. The molecule has 0 aliphatic rings. The number of nitrogens with two attached hydrogens (primary N) is 1. The van der Waals surface area contributed by atoms with Crippen LogP contribution in [0.25, 0.3) is 0 Å². The molecular weight excluding hydrogens is 236 g/mol. The summed E-state index contributed by atoms with van der Waals surface area (Å²) in [5.74, 6) is 1.03. The molecule has 1 aromatic rings. The Labute approximate surface area is 117 Å². The van der Waals surface area contributed by atoms with Gasteiger partial charge in [0.2, 0.25) is 0 Å². The molecule has 0 fully saturated rings. The summed E-state index contributed by atoms with van der Waals surface area (Å²) in [6.45, 7) is 8.08. The quantitative estimate of drug-likeness (QED) is 0.769. The van der Waals surface area contributed by atoms with Gasteiger partial charge in [-0.2, -0.15) is 0 Å². The van der Waals surface area contributed by atoms with Crippen LogP contribution in [0.3, 0.4) is 0 Å². The first-order valence-electron chi connectivity index (χ1n) is 7.03. The van der Waals surface area contributed by atoms with E-state index in [1.165, 1.54) is 16.7 Å². The number of nitrogens with zero attached hydrogens (tertiary/aromatic N) is 1. The van der Waals surface area contributed by atoms with Crippen LogP contribution in [0.4, 0.5) is 0 Å². The number of ether oxygens (including phenoxy) is 1. The van der Waals surface area contributed by atoms with Crippen LogP contribution < -0.4 is 10.5 Å². The van der Waals surface area contributed by atoms with Crippen LogP contribution in [0.1, 0.15) is 30.0 Å². The highest BCUT2D eigenvalue weighted by Gasteiger charge is 2.07. The minimum atomic E-state index is 0.200. The molecular formula is C16H28N2O. The predicted octanol–water partition coefficient (Wildman–Crippen LogP) is 2.52. The third-order valence-corrected chi connectivity index (χ3v) is 3.07. The van der Waals surface area contributed by atoms with Crippen LogP contribution in [-0.4, -0.2) is 38.2 Å². The molecule has 0 spiro atoms. The molecule has 0 saturated carbocycles. The maximum Gasteiger partial charge on any atom is 0.125 e. The second-order valence-electron chi connectivity index (χ2n) is 5.75. The minimum Gasteiger partial charge on any atom is -0.493 e. The number of aryl methyl sites for hydroxylation is 2. The van der Waals surface area contributed by atoms with Crippen molar-refractivity contribution in [2.24, 2.45) is 5.73 Å². The molecule has 3 nitrogen and oxygen atoms in total. The Hall–Kier alpha value is -1.06. The monoisotopic (exact) mass is 264 g/mol. The standard InChI is InChI=1S/C16H28N2O/c1-12-9-15(11-14(3)17)10-13(2)16(12)19-8-6-7-18(4)5/h9-10,14H,6-8,11,17H2,1-5H3. The Morgan fingerprint density at radius 2 is 1.79 bits per heavy atom. The lowest BCUT2D eigenvalue weighted by Crippen LogP contribution is -2.18. The van der Waals surface area contributed by atoms with Gasteiger partial charge in [-0.3, -0.25) is 0 Å². The lowest BCUT2D eigenvalue weighted by Gasteiger charge is -2.16. The van der Waals surface area contributed by atoms with Gasteiger partial charge in [0.25, 0.3) is 0 Å². The lowest BCUT2D eigenvalue weighted by molar-refractivity contribution is 0.278. The van der Waals surface area contributed by atoms with Crippen molar-refractivity contribution in [3.63, 3.8) is 0 Å². The number of hydrogen-bond donors (Lipinski definition) is 1. The predicted molar refractivity (Wildman–Crippen MR) is 81.9 cm³/mol. The number of hydrogen-bond acceptors (Lipinski definition) is 3. The van der Waals surface area contributed by atoms with E-state index < -0.39 is 0 Å². The van der Waals surface area contributed by atoms with Crippen LogP contribution in [0.15, 0.2) is 12.1 Å². The SMILES string of the molecule is Cc1cc(CC(C)N)cc(C)c1OCCCN(C)C. The van der Waals surface area contributed by atoms with E-state index in [-0.39, 0.29) is 6.04 Å². The van der Waals surface area contributed by atoms with E-state index in [1.54, 1.807) is 0 Å². The molecule has 1 aromatic carbocycles. The molecule has 0 bridgehead atoms. The van der Waals surface area contributed by atoms with Gasteiger partial charge in [0, 0.05) is 12.6 Å². The van der Waals surface area contributed by atoms with E-state index in [2.05, 4.69) is 45.0 Å². The van der Waals surface area contributed by atoms with Gasteiger partial charge >= 0.3 is 0 Å².